The second-order valence-electron chi connectivity index (χ2n) is 5.88. The van der Waals surface area contributed by atoms with E-state index in [-0.39, 0.29) is 12.9 Å². The fraction of sp³-hybridized carbons (Fsp3) is 0.211. The molecule has 0 bridgehead atoms. The van der Waals surface area contributed by atoms with Crippen LogP contribution in [-0.4, -0.2) is 17.9 Å². The zero-order valence-corrected chi connectivity index (χ0v) is 14.8. The van der Waals surface area contributed by atoms with Gasteiger partial charge in [-0.2, -0.15) is 0 Å². The van der Waals surface area contributed by atoms with E-state index in [9.17, 15) is 0 Å². The first-order chi connectivity index (χ1) is 12.2. The number of aromatic nitrogens is 1. The molecule has 0 amide bonds. The van der Waals surface area contributed by atoms with Gasteiger partial charge >= 0.3 is 0 Å². The highest BCUT2D eigenvalue weighted by molar-refractivity contribution is 7.13. The van der Waals surface area contributed by atoms with Crippen LogP contribution in [0.3, 0.4) is 0 Å². The van der Waals surface area contributed by atoms with Crippen LogP contribution in [-0.2, 0) is 0 Å². The lowest BCUT2D eigenvalue weighted by Gasteiger charge is -2.14. The number of fused-ring (bicyclic) bond motifs is 1. The Hall–Kier alpha value is -2.73. The number of hydrogen-bond acceptors (Lipinski definition) is 6. The fourth-order valence-electron chi connectivity index (χ4n) is 2.74. The van der Waals surface area contributed by atoms with Gasteiger partial charge in [-0.05, 0) is 43.7 Å². The lowest BCUT2D eigenvalue weighted by Crippen LogP contribution is -2.05. The first-order valence-corrected chi connectivity index (χ1v) is 8.95. The maximum Gasteiger partial charge on any atom is 0.231 e. The smallest absolute Gasteiger partial charge is 0.231 e. The molecule has 1 aromatic heterocycles. The summed E-state index contributed by atoms with van der Waals surface area (Å²) in [4.78, 5) is 4.30. The number of nitrogens with one attached hydrogen (secondary N) is 1. The van der Waals surface area contributed by atoms with E-state index >= 15 is 0 Å². The van der Waals surface area contributed by atoms with Gasteiger partial charge in [0.1, 0.15) is 5.75 Å². The van der Waals surface area contributed by atoms with Gasteiger partial charge in [-0.15, -0.1) is 11.3 Å². The number of thiazole rings is 1. The highest BCUT2D eigenvalue weighted by Gasteiger charge is 2.22. The van der Waals surface area contributed by atoms with E-state index in [1.54, 1.807) is 17.5 Å². The summed E-state index contributed by atoms with van der Waals surface area (Å²) in [7, 11) is 0. The van der Waals surface area contributed by atoms with Crippen LogP contribution in [0.25, 0.3) is 11.1 Å². The summed E-state index contributed by atoms with van der Waals surface area (Å²) in [6.45, 7) is 4.26. The minimum absolute atomic E-state index is 0.144. The summed E-state index contributed by atoms with van der Waals surface area (Å²) >= 11 is 1.55. The highest BCUT2D eigenvalue weighted by atomic mass is 32.1. The number of benzene rings is 2. The summed E-state index contributed by atoms with van der Waals surface area (Å²) in [6, 6.07) is 11.9. The summed E-state index contributed by atoms with van der Waals surface area (Å²) in [6.07, 6.45) is 1.92. The Morgan fingerprint density at radius 1 is 1.12 bits per heavy atom. The molecular weight excluding hydrogens is 336 g/mol. The van der Waals surface area contributed by atoms with E-state index in [2.05, 4.69) is 10.3 Å². The zero-order chi connectivity index (χ0) is 17.2. The monoisotopic (exact) mass is 354 g/mol. The second-order valence-corrected chi connectivity index (χ2v) is 6.77. The molecule has 0 atom stereocenters. The van der Waals surface area contributed by atoms with Crippen LogP contribution in [0.5, 0.6) is 17.2 Å². The van der Waals surface area contributed by atoms with Crippen LogP contribution in [0.2, 0.25) is 0 Å². The van der Waals surface area contributed by atoms with Crippen LogP contribution in [0.4, 0.5) is 10.8 Å². The van der Waals surface area contributed by atoms with E-state index in [1.165, 1.54) is 0 Å². The minimum Gasteiger partial charge on any atom is -0.491 e. The third-order valence-corrected chi connectivity index (χ3v) is 4.42. The van der Waals surface area contributed by atoms with Crippen LogP contribution >= 0.6 is 11.3 Å². The summed E-state index contributed by atoms with van der Waals surface area (Å²) in [5.41, 5.74) is 2.91. The topological polar surface area (TPSA) is 52.6 Å². The molecule has 4 rings (SSSR count). The average Bonchev–Trinajstić information content (AvgIpc) is 3.26. The van der Waals surface area contributed by atoms with Gasteiger partial charge in [0.05, 0.1) is 17.4 Å². The standard InChI is InChI=1S/C19H18N2O3S/c1-12(2)24-14-5-3-13(4-6-14)17-15(21-19-20-9-10-25-19)7-8-16-18(17)23-11-22-16/h3-10,12H,11H2,1-2H3,(H,20,21). The van der Waals surface area contributed by atoms with E-state index in [4.69, 9.17) is 14.2 Å². The van der Waals surface area contributed by atoms with E-state index in [0.29, 0.717) is 0 Å². The second kappa shape index (κ2) is 6.64. The first kappa shape index (κ1) is 15.8. The molecule has 1 aliphatic rings. The van der Waals surface area contributed by atoms with Crippen molar-refractivity contribution in [1.82, 2.24) is 4.98 Å². The van der Waals surface area contributed by atoms with Gasteiger partial charge in [-0.25, -0.2) is 4.98 Å². The van der Waals surface area contributed by atoms with Gasteiger partial charge in [-0.3, -0.25) is 0 Å². The average molecular weight is 354 g/mol. The largest absolute Gasteiger partial charge is 0.491 e. The Morgan fingerprint density at radius 3 is 2.68 bits per heavy atom. The van der Waals surface area contributed by atoms with Crippen molar-refractivity contribution in [2.75, 3.05) is 12.1 Å². The third kappa shape index (κ3) is 3.25. The quantitative estimate of drug-likeness (QED) is 0.693. The Bertz CT molecular complexity index is 861. The summed E-state index contributed by atoms with van der Waals surface area (Å²) in [5, 5.41) is 6.14. The molecule has 6 heteroatoms. The lowest BCUT2D eigenvalue weighted by atomic mass is 10.0. The number of nitrogens with zero attached hydrogens (tertiary/aromatic N) is 1. The predicted molar refractivity (Wildman–Crippen MR) is 99.2 cm³/mol. The molecule has 1 N–H and O–H groups in total. The third-order valence-electron chi connectivity index (χ3n) is 3.73. The number of rotatable bonds is 5. The number of anilines is 2. The molecule has 5 nitrogen and oxygen atoms in total. The Kier molecular flexibility index (Phi) is 4.19. The molecule has 0 aliphatic carbocycles. The molecule has 0 saturated heterocycles. The van der Waals surface area contributed by atoms with Gasteiger partial charge < -0.3 is 19.5 Å². The van der Waals surface area contributed by atoms with Crippen molar-refractivity contribution >= 4 is 22.2 Å². The maximum atomic E-state index is 5.73. The van der Waals surface area contributed by atoms with Crippen LogP contribution < -0.4 is 19.5 Å². The molecular formula is C19H18N2O3S. The van der Waals surface area contributed by atoms with Gasteiger partial charge in [0.2, 0.25) is 6.79 Å². The molecule has 0 fully saturated rings. The molecule has 2 aromatic carbocycles. The zero-order valence-electron chi connectivity index (χ0n) is 14.0. The molecule has 1 aliphatic heterocycles. The van der Waals surface area contributed by atoms with Crippen LogP contribution in [0.15, 0.2) is 48.0 Å². The number of ether oxygens (including phenoxy) is 3. The molecule has 0 saturated carbocycles. The van der Waals surface area contributed by atoms with Crippen molar-refractivity contribution in [3.05, 3.63) is 48.0 Å². The molecule has 0 radical (unpaired) electrons. The molecule has 3 aromatic rings. The van der Waals surface area contributed by atoms with Crippen molar-refractivity contribution in [2.24, 2.45) is 0 Å². The molecule has 2 heterocycles. The lowest BCUT2D eigenvalue weighted by molar-refractivity contribution is 0.174. The van der Waals surface area contributed by atoms with Gasteiger partial charge in [-0.1, -0.05) is 12.1 Å². The molecule has 128 valence electrons. The van der Waals surface area contributed by atoms with Gasteiger partial charge in [0, 0.05) is 11.6 Å². The first-order valence-electron chi connectivity index (χ1n) is 8.07. The summed E-state index contributed by atoms with van der Waals surface area (Å²) < 4.78 is 17.0. The van der Waals surface area contributed by atoms with Gasteiger partial charge in [0.15, 0.2) is 16.6 Å². The summed E-state index contributed by atoms with van der Waals surface area (Å²) in [5.74, 6) is 2.35. The van der Waals surface area contributed by atoms with Crippen molar-refractivity contribution in [3.63, 3.8) is 0 Å². The molecule has 0 spiro atoms. The highest BCUT2D eigenvalue weighted by Crippen LogP contribution is 2.46. The van der Waals surface area contributed by atoms with Crippen LogP contribution in [0, 0.1) is 0 Å². The SMILES string of the molecule is CC(C)Oc1ccc(-c2c(Nc3nccs3)ccc3c2OCO3)cc1. The normalized spacial score (nSPS) is 12.4. The van der Waals surface area contributed by atoms with E-state index < -0.39 is 0 Å². The molecule has 25 heavy (non-hydrogen) atoms. The van der Waals surface area contributed by atoms with Crippen LogP contribution in [0.1, 0.15) is 13.8 Å². The number of hydrogen-bond donors (Lipinski definition) is 1. The maximum absolute atomic E-state index is 5.73. The van der Waals surface area contributed by atoms with Crippen molar-refractivity contribution in [1.29, 1.82) is 0 Å². The predicted octanol–water partition coefficient (Wildman–Crippen LogP) is 5.07. The fourth-order valence-corrected chi connectivity index (χ4v) is 3.28. The van der Waals surface area contributed by atoms with Crippen molar-refractivity contribution in [3.8, 4) is 28.4 Å². The Balaban J connectivity index is 1.75. The van der Waals surface area contributed by atoms with Crippen molar-refractivity contribution < 1.29 is 14.2 Å². The van der Waals surface area contributed by atoms with E-state index in [1.807, 2.05) is 55.6 Å². The molecule has 0 unspecified atom stereocenters. The minimum atomic E-state index is 0.144. The van der Waals surface area contributed by atoms with Gasteiger partial charge in [0.25, 0.3) is 0 Å². The van der Waals surface area contributed by atoms with Crippen molar-refractivity contribution in [2.45, 2.75) is 20.0 Å². The Morgan fingerprint density at radius 2 is 1.96 bits per heavy atom. The Labute approximate surface area is 150 Å². The van der Waals surface area contributed by atoms with E-state index in [0.717, 1.165) is 39.2 Å².